The number of anilines is 3. The van der Waals surface area contributed by atoms with Crippen molar-refractivity contribution in [1.29, 1.82) is 0 Å². The van der Waals surface area contributed by atoms with Crippen LogP contribution in [0.15, 0.2) is 255 Å². The number of para-hydroxylation sites is 2. The third-order valence-electron chi connectivity index (χ3n) is 12.8. The molecule has 0 aliphatic heterocycles. The number of aromatic nitrogens is 1. The molecule has 0 spiro atoms. The molecule has 0 unspecified atom stereocenters. The molecule has 64 heavy (non-hydrogen) atoms. The number of benzene rings is 11. The van der Waals surface area contributed by atoms with Crippen molar-refractivity contribution in [3.05, 3.63) is 255 Å². The average Bonchev–Trinajstić information content (AvgIpc) is 3.72. The standard InChI is InChI=1S/C62H42N2/c1-3-19-44(20-4-1)53-31-11-13-36-57(53)63(49-28-15-26-47(41-49)52-34-17-25-43-23-7-9-30-51(43)52)59-38-18-35-54(45-21-5-2-6-22-45)61(59)48-27-16-29-50(42-48)64-58-37-14-12-33-56(58)62-55-32-10-8-24-46(55)39-40-60(62)64/h1-42H. The summed E-state index contributed by atoms with van der Waals surface area (Å²) in [6, 6.07) is 92.9. The predicted molar refractivity (Wildman–Crippen MR) is 272 cm³/mol. The molecule has 0 radical (unpaired) electrons. The van der Waals surface area contributed by atoms with E-state index in [2.05, 4.69) is 264 Å². The molecule has 12 aromatic rings. The molecule has 0 amide bonds. The number of nitrogens with zero attached hydrogens (tertiary/aromatic N) is 2. The lowest BCUT2D eigenvalue weighted by Gasteiger charge is -2.31. The van der Waals surface area contributed by atoms with Gasteiger partial charge in [0.05, 0.1) is 22.4 Å². The fourth-order valence-electron chi connectivity index (χ4n) is 9.93. The van der Waals surface area contributed by atoms with Crippen molar-refractivity contribution in [2.45, 2.75) is 0 Å². The Morgan fingerprint density at radius 1 is 0.297 bits per heavy atom. The molecule has 0 saturated carbocycles. The van der Waals surface area contributed by atoms with E-state index in [4.69, 9.17) is 0 Å². The van der Waals surface area contributed by atoms with E-state index in [-0.39, 0.29) is 0 Å². The van der Waals surface area contributed by atoms with E-state index in [1.165, 1.54) is 48.9 Å². The summed E-state index contributed by atoms with van der Waals surface area (Å²) in [5, 5.41) is 7.50. The van der Waals surface area contributed by atoms with Crippen LogP contribution in [0.5, 0.6) is 0 Å². The zero-order valence-electron chi connectivity index (χ0n) is 35.1. The van der Waals surface area contributed by atoms with Gasteiger partial charge < -0.3 is 9.47 Å². The molecule has 2 nitrogen and oxygen atoms in total. The van der Waals surface area contributed by atoms with Gasteiger partial charge in [0.2, 0.25) is 0 Å². The van der Waals surface area contributed by atoms with Crippen molar-refractivity contribution in [2.24, 2.45) is 0 Å². The SMILES string of the molecule is c1ccc(-c2ccccc2N(c2cccc(-c3cccc4ccccc34)c2)c2cccc(-c3ccccc3)c2-c2cccc(-n3c4ccccc4c4c5ccccc5ccc43)c2)cc1. The minimum Gasteiger partial charge on any atom is -0.309 e. The summed E-state index contributed by atoms with van der Waals surface area (Å²) in [5.74, 6) is 0. The molecule has 0 aliphatic carbocycles. The second-order valence-electron chi connectivity index (χ2n) is 16.4. The lowest BCUT2D eigenvalue weighted by atomic mass is 9.91. The quantitative estimate of drug-likeness (QED) is 0.148. The van der Waals surface area contributed by atoms with Crippen LogP contribution in [0.4, 0.5) is 17.1 Å². The molecule has 12 rings (SSSR count). The van der Waals surface area contributed by atoms with Gasteiger partial charge in [-0.25, -0.2) is 0 Å². The highest BCUT2D eigenvalue weighted by atomic mass is 15.1. The van der Waals surface area contributed by atoms with Crippen LogP contribution in [0.3, 0.4) is 0 Å². The zero-order valence-corrected chi connectivity index (χ0v) is 35.1. The number of rotatable bonds is 8. The highest BCUT2D eigenvalue weighted by molar-refractivity contribution is 6.21. The van der Waals surface area contributed by atoms with Crippen LogP contribution >= 0.6 is 0 Å². The van der Waals surface area contributed by atoms with Crippen LogP contribution in [0.2, 0.25) is 0 Å². The molecular weight excluding hydrogens is 773 g/mol. The summed E-state index contributed by atoms with van der Waals surface area (Å²) >= 11 is 0. The first-order valence-corrected chi connectivity index (χ1v) is 22.0. The van der Waals surface area contributed by atoms with Crippen molar-refractivity contribution in [2.75, 3.05) is 4.90 Å². The first-order chi connectivity index (χ1) is 31.8. The molecule has 0 fully saturated rings. The zero-order chi connectivity index (χ0) is 42.4. The van der Waals surface area contributed by atoms with Crippen molar-refractivity contribution < 1.29 is 0 Å². The highest BCUT2D eigenvalue weighted by Gasteiger charge is 2.24. The summed E-state index contributed by atoms with van der Waals surface area (Å²) in [6.45, 7) is 0. The van der Waals surface area contributed by atoms with E-state index in [0.29, 0.717) is 0 Å². The van der Waals surface area contributed by atoms with Crippen LogP contribution in [-0.2, 0) is 0 Å². The molecule has 11 aromatic carbocycles. The molecule has 1 aromatic heterocycles. The van der Waals surface area contributed by atoms with E-state index >= 15 is 0 Å². The molecule has 2 heteroatoms. The Balaban J connectivity index is 1.14. The van der Waals surface area contributed by atoms with Crippen LogP contribution in [0, 0.1) is 0 Å². The van der Waals surface area contributed by atoms with Gasteiger partial charge in [0.15, 0.2) is 0 Å². The minimum atomic E-state index is 1.07. The number of fused-ring (bicyclic) bond motifs is 6. The van der Waals surface area contributed by atoms with E-state index in [1.807, 2.05) is 0 Å². The summed E-state index contributed by atoms with van der Waals surface area (Å²) < 4.78 is 2.45. The van der Waals surface area contributed by atoms with Crippen molar-refractivity contribution in [3.8, 4) is 50.2 Å². The fourth-order valence-corrected chi connectivity index (χ4v) is 9.93. The fraction of sp³-hybridized carbons (Fsp3) is 0. The van der Waals surface area contributed by atoms with Crippen molar-refractivity contribution in [3.63, 3.8) is 0 Å². The third kappa shape index (κ3) is 6.35. The molecule has 300 valence electrons. The van der Waals surface area contributed by atoms with Crippen LogP contribution in [0.25, 0.3) is 93.5 Å². The molecule has 0 atom stereocenters. The van der Waals surface area contributed by atoms with Crippen molar-refractivity contribution >= 4 is 60.4 Å². The molecular formula is C62H42N2. The van der Waals surface area contributed by atoms with Gasteiger partial charge in [0.1, 0.15) is 0 Å². The highest BCUT2D eigenvalue weighted by Crippen LogP contribution is 2.49. The van der Waals surface area contributed by atoms with E-state index in [9.17, 15) is 0 Å². The Morgan fingerprint density at radius 2 is 0.844 bits per heavy atom. The molecule has 1 heterocycles. The van der Waals surface area contributed by atoms with Crippen LogP contribution in [0.1, 0.15) is 0 Å². The van der Waals surface area contributed by atoms with Gasteiger partial charge in [-0.2, -0.15) is 0 Å². The maximum absolute atomic E-state index is 2.48. The average molecular weight is 815 g/mol. The summed E-state index contributed by atoms with van der Waals surface area (Å²) in [7, 11) is 0. The van der Waals surface area contributed by atoms with E-state index in [0.717, 1.165) is 61.7 Å². The smallest absolute Gasteiger partial charge is 0.0547 e. The van der Waals surface area contributed by atoms with Gasteiger partial charge in [-0.1, -0.05) is 206 Å². The van der Waals surface area contributed by atoms with Gasteiger partial charge in [-0.15, -0.1) is 0 Å². The van der Waals surface area contributed by atoms with Gasteiger partial charge in [0, 0.05) is 33.3 Å². The lowest BCUT2D eigenvalue weighted by Crippen LogP contribution is -2.13. The third-order valence-corrected chi connectivity index (χ3v) is 12.8. The number of hydrogen-bond donors (Lipinski definition) is 0. The number of hydrogen-bond acceptors (Lipinski definition) is 1. The van der Waals surface area contributed by atoms with Gasteiger partial charge >= 0.3 is 0 Å². The Kier molecular flexibility index (Phi) is 9.20. The summed E-state index contributed by atoms with van der Waals surface area (Å²) in [5.41, 5.74) is 16.0. The first-order valence-electron chi connectivity index (χ1n) is 22.0. The Bertz CT molecular complexity index is 3670. The monoisotopic (exact) mass is 814 g/mol. The maximum atomic E-state index is 2.48. The summed E-state index contributed by atoms with van der Waals surface area (Å²) in [6.07, 6.45) is 0. The maximum Gasteiger partial charge on any atom is 0.0547 e. The van der Waals surface area contributed by atoms with Gasteiger partial charge in [0.25, 0.3) is 0 Å². The Hall–Kier alpha value is -8.46. The predicted octanol–water partition coefficient (Wildman–Crippen LogP) is 17.2. The minimum absolute atomic E-state index is 1.07. The largest absolute Gasteiger partial charge is 0.309 e. The topological polar surface area (TPSA) is 8.17 Å². The second kappa shape index (κ2) is 15.8. The van der Waals surface area contributed by atoms with Crippen molar-refractivity contribution in [1.82, 2.24) is 4.57 Å². The summed E-state index contributed by atoms with van der Waals surface area (Å²) in [4.78, 5) is 2.48. The molecule has 0 aliphatic rings. The molecule has 0 saturated heterocycles. The van der Waals surface area contributed by atoms with Crippen LogP contribution in [-0.4, -0.2) is 4.57 Å². The lowest BCUT2D eigenvalue weighted by molar-refractivity contribution is 1.18. The van der Waals surface area contributed by atoms with Gasteiger partial charge in [-0.05, 0) is 103 Å². The van der Waals surface area contributed by atoms with E-state index in [1.54, 1.807) is 0 Å². The Morgan fingerprint density at radius 3 is 1.67 bits per heavy atom. The first kappa shape index (κ1) is 37.3. The normalized spacial score (nSPS) is 11.4. The molecule has 0 bridgehead atoms. The van der Waals surface area contributed by atoms with E-state index < -0.39 is 0 Å². The van der Waals surface area contributed by atoms with Crippen LogP contribution < -0.4 is 4.90 Å². The second-order valence-corrected chi connectivity index (χ2v) is 16.4. The van der Waals surface area contributed by atoms with Gasteiger partial charge in [-0.3, -0.25) is 0 Å². The molecule has 0 N–H and O–H groups in total. The Labute approximate surface area is 373 Å².